The van der Waals surface area contributed by atoms with E-state index in [1.54, 1.807) is 7.11 Å². The van der Waals surface area contributed by atoms with Crippen LogP contribution in [0.3, 0.4) is 0 Å². The van der Waals surface area contributed by atoms with Crippen molar-refractivity contribution in [2.75, 3.05) is 13.7 Å². The van der Waals surface area contributed by atoms with Gasteiger partial charge in [-0.25, -0.2) is 0 Å². The number of alkyl halides is 1. The van der Waals surface area contributed by atoms with E-state index in [2.05, 4.69) is 29.5 Å². The molecule has 0 aromatic heterocycles. The van der Waals surface area contributed by atoms with Crippen LogP contribution in [0.5, 0.6) is 0 Å². The second kappa shape index (κ2) is 6.94. The molecular weight excluding hydrogens is 315 g/mol. The summed E-state index contributed by atoms with van der Waals surface area (Å²) >= 11 is 2.33. The van der Waals surface area contributed by atoms with Crippen LogP contribution in [-0.2, 0) is 9.53 Å². The van der Waals surface area contributed by atoms with Crippen LogP contribution in [0.2, 0.25) is 0 Å². The Morgan fingerprint density at radius 2 is 2.06 bits per heavy atom. The van der Waals surface area contributed by atoms with Crippen LogP contribution in [0.25, 0.3) is 0 Å². The summed E-state index contributed by atoms with van der Waals surface area (Å²) in [5.41, 5.74) is -0.144. The number of rotatable bonds is 7. The van der Waals surface area contributed by atoms with Gasteiger partial charge in [-0.2, -0.15) is 0 Å². The zero-order valence-electron chi connectivity index (χ0n) is 10.4. The quantitative estimate of drug-likeness (QED) is 0.522. The molecule has 1 unspecified atom stereocenters. The summed E-state index contributed by atoms with van der Waals surface area (Å²) in [6.45, 7) is 2.80. The highest BCUT2D eigenvalue weighted by molar-refractivity contribution is 14.1. The van der Waals surface area contributed by atoms with Crippen molar-refractivity contribution in [3.05, 3.63) is 0 Å². The molecule has 1 saturated carbocycles. The molecule has 1 rings (SSSR count). The lowest BCUT2D eigenvalue weighted by Gasteiger charge is -2.28. The zero-order valence-corrected chi connectivity index (χ0v) is 12.6. The van der Waals surface area contributed by atoms with E-state index < -0.39 is 0 Å². The van der Waals surface area contributed by atoms with E-state index in [0.29, 0.717) is 12.4 Å². The SMILES string of the molecule is CCCCC(I)C(=O)C1(COC)CCCC1. The highest BCUT2D eigenvalue weighted by Gasteiger charge is 2.43. The monoisotopic (exact) mass is 338 g/mol. The number of carbonyl (C=O) groups excluding carboxylic acids is 1. The van der Waals surface area contributed by atoms with Gasteiger partial charge in [-0.05, 0) is 19.3 Å². The van der Waals surface area contributed by atoms with E-state index >= 15 is 0 Å². The minimum Gasteiger partial charge on any atom is -0.384 e. The van der Waals surface area contributed by atoms with Crippen molar-refractivity contribution in [3.63, 3.8) is 0 Å². The first-order chi connectivity index (χ1) is 7.66. The van der Waals surface area contributed by atoms with Gasteiger partial charge in [-0.3, -0.25) is 4.79 Å². The molecule has 0 saturated heterocycles. The molecule has 3 heteroatoms. The maximum absolute atomic E-state index is 12.5. The number of methoxy groups -OCH3 is 1. The Kier molecular flexibility index (Phi) is 6.26. The fourth-order valence-electron chi connectivity index (χ4n) is 2.64. The van der Waals surface area contributed by atoms with Gasteiger partial charge in [-0.15, -0.1) is 0 Å². The number of hydrogen-bond acceptors (Lipinski definition) is 2. The van der Waals surface area contributed by atoms with Crippen molar-refractivity contribution >= 4 is 28.4 Å². The molecule has 1 aliphatic carbocycles. The van der Waals surface area contributed by atoms with Crippen LogP contribution in [-0.4, -0.2) is 23.4 Å². The minimum absolute atomic E-state index is 0.144. The Hall–Kier alpha value is 0.360. The van der Waals surface area contributed by atoms with Crippen molar-refractivity contribution in [2.24, 2.45) is 5.41 Å². The Morgan fingerprint density at radius 1 is 1.44 bits per heavy atom. The van der Waals surface area contributed by atoms with E-state index in [1.165, 1.54) is 19.3 Å². The standard InChI is InChI=1S/C13H23IO2/c1-3-4-7-11(14)12(15)13(10-16-2)8-5-6-9-13/h11H,3-10H2,1-2H3. The summed E-state index contributed by atoms with van der Waals surface area (Å²) in [5.74, 6) is 0.445. The van der Waals surface area contributed by atoms with Gasteiger partial charge >= 0.3 is 0 Å². The first kappa shape index (κ1) is 14.4. The smallest absolute Gasteiger partial charge is 0.154 e. The van der Waals surface area contributed by atoms with Gasteiger partial charge in [-0.1, -0.05) is 55.2 Å². The maximum atomic E-state index is 12.5. The molecule has 16 heavy (non-hydrogen) atoms. The summed E-state index contributed by atoms with van der Waals surface area (Å²) in [6, 6.07) is 0. The molecule has 1 aliphatic rings. The van der Waals surface area contributed by atoms with Gasteiger partial charge < -0.3 is 4.74 Å². The summed E-state index contributed by atoms with van der Waals surface area (Å²) in [7, 11) is 1.71. The molecule has 1 fully saturated rings. The van der Waals surface area contributed by atoms with E-state index in [-0.39, 0.29) is 9.34 Å². The normalized spacial score (nSPS) is 20.9. The fraction of sp³-hybridized carbons (Fsp3) is 0.923. The highest BCUT2D eigenvalue weighted by atomic mass is 127. The molecule has 0 bridgehead atoms. The van der Waals surface area contributed by atoms with Gasteiger partial charge in [0.15, 0.2) is 5.78 Å². The van der Waals surface area contributed by atoms with Crippen LogP contribution in [0, 0.1) is 5.41 Å². The number of halogens is 1. The molecular formula is C13H23IO2. The average Bonchev–Trinajstić information content (AvgIpc) is 2.75. The predicted octanol–water partition coefficient (Wildman–Crippen LogP) is 3.76. The molecule has 0 radical (unpaired) electrons. The predicted molar refractivity (Wildman–Crippen MR) is 75.1 cm³/mol. The van der Waals surface area contributed by atoms with Gasteiger partial charge in [0.25, 0.3) is 0 Å². The van der Waals surface area contributed by atoms with Gasteiger partial charge in [0.2, 0.25) is 0 Å². The molecule has 2 nitrogen and oxygen atoms in total. The highest BCUT2D eigenvalue weighted by Crippen LogP contribution is 2.41. The molecule has 0 N–H and O–H groups in total. The van der Waals surface area contributed by atoms with E-state index in [4.69, 9.17) is 4.74 Å². The van der Waals surface area contributed by atoms with Crippen LogP contribution >= 0.6 is 22.6 Å². The average molecular weight is 338 g/mol. The van der Waals surface area contributed by atoms with Crippen LogP contribution < -0.4 is 0 Å². The molecule has 0 aromatic rings. The third-order valence-corrected chi connectivity index (χ3v) is 4.79. The van der Waals surface area contributed by atoms with Crippen molar-refractivity contribution in [1.82, 2.24) is 0 Å². The lowest BCUT2D eigenvalue weighted by molar-refractivity contribution is -0.130. The van der Waals surface area contributed by atoms with Crippen molar-refractivity contribution in [3.8, 4) is 0 Å². The first-order valence-corrected chi connectivity index (χ1v) is 7.58. The van der Waals surface area contributed by atoms with E-state index in [0.717, 1.165) is 25.7 Å². The summed E-state index contributed by atoms with van der Waals surface area (Å²) in [4.78, 5) is 12.5. The molecule has 1 atom stereocenters. The molecule has 94 valence electrons. The Balaban J connectivity index is 2.60. The first-order valence-electron chi connectivity index (χ1n) is 6.33. The number of unbranched alkanes of at least 4 members (excludes halogenated alkanes) is 1. The summed E-state index contributed by atoms with van der Waals surface area (Å²) in [5, 5.41) is 0. The number of carbonyl (C=O) groups is 1. The van der Waals surface area contributed by atoms with E-state index in [1.807, 2.05) is 0 Å². The summed E-state index contributed by atoms with van der Waals surface area (Å²) in [6.07, 6.45) is 7.79. The van der Waals surface area contributed by atoms with E-state index in [9.17, 15) is 4.79 Å². The van der Waals surface area contributed by atoms with Crippen molar-refractivity contribution < 1.29 is 9.53 Å². The summed E-state index contributed by atoms with van der Waals surface area (Å²) < 4.78 is 5.47. The second-order valence-corrected chi connectivity index (χ2v) is 6.40. The topological polar surface area (TPSA) is 26.3 Å². The number of ketones is 1. The molecule has 0 aromatic carbocycles. The van der Waals surface area contributed by atoms with Gasteiger partial charge in [0.05, 0.1) is 15.9 Å². The van der Waals surface area contributed by atoms with Crippen LogP contribution in [0.4, 0.5) is 0 Å². The molecule has 0 amide bonds. The van der Waals surface area contributed by atoms with Crippen LogP contribution in [0.1, 0.15) is 51.9 Å². The molecule has 0 spiro atoms. The Labute approximate surface area is 113 Å². The molecule has 0 heterocycles. The molecule has 0 aliphatic heterocycles. The fourth-order valence-corrected chi connectivity index (χ4v) is 3.74. The third kappa shape index (κ3) is 3.42. The Morgan fingerprint density at radius 3 is 2.56 bits per heavy atom. The van der Waals surface area contributed by atoms with Gasteiger partial charge in [0, 0.05) is 7.11 Å². The van der Waals surface area contributed by atoms with Gasteiger partial charge in [0.1, 0.15) is 0 Å². The second-order valence-electron chi connectivity index (χ2n) is 4.89. The largest absolute Gasteiger partial charge is 0.384 e. The van der Waals surface area contributed by atoms with Crippen molar-refractivity contribution in [2.45, 2.75) is 55.8 Å². The lowest BCUT2D eigenvalue weighted by atomic mass is 9.80. The zero-order chi connectivity index (χ0) is 12.0. The maximum Gasteiger partial charge on any atom is 0.154 e. The number of ether oxygens (including phenoxy) is 1. The number of Topliss-reactive ketones (excluding diaryl/α,β-unsaturated/α-hetero) is 1. The minimum atomic E-state index is -0.144. The number of hydrogen-bond donors (Lipinski definition) is 0. The Bertz CT molecular complexity index is 222. The third-order valence-electron chi connectivity index (χ3n) is 3.60. The lowest BCUT2D eigenvalue weighted by Crippen LogP contribution is -2.38. The van der Waals surface area contributed by atoms with Crippen LogP contribution in [0.15, 0.2) is 0 Å². The van der Waals surface area contributed by atoms with Crippen molar-refractivity contribution in [1.29, 1.82) is 0 Å².